The number of rotatable bonds is 51. The van der Waals surface area contributed by atoms with Gasteiger partial charge in [-0.15, -0.1) is 0 Å². The van der Waals surface area contributed by atoms with Gasteiger partial charge in [0.25, 0.3) is 7.82 Å². The number of carbonyl (C=O) groups is 1. The van der Waals surface area contributed by atoms with Gasteiger partial charge in [-0.05, 0) is 96.3 Å². The Labute approximate surface area is 426 Å². The number of likely N-dealkylation sites (N-methyl/N-ethyl adjacent to an activating group) is 1. The van der Waals surface area contributed by atoms with Crippen molar-refractivity contribution in [1.29, 1.82) is 0 Å². The third-order valence-electron chi connectivity index (χ3n) is 11.6. The number of quaternary nitrogens is 1. The van der Waals surface area contributed by atoms with Gasteiger partial charge in [0.2, 0.25) is 0 Å². The van der Waals surface area contributed by atoms with Gasteiger partial charge in [0.15, 0.2) is 0 Å². The molecule has 0 fully saturated rings. The smallest absolute Gasteiger partial charge is 0.306 e. The fraction of sp³-hybridized carbons (Fsp3) is 0.717. The van der Waals surface area contributed by atoms with Crippen molar-refractivity contribution in [2.24, 2.45) is 0 Å². The van der Waals surface area contributed by atoms with Crippen LogP contribution >= 0.6 is 7.82 Å². The van der Waals surface area contributed by atoms with E-state index in [0.717, 1.165) is 77.0 Å². The van der Waals surface area contributed by atoms with Crippen LogP contribution in [0.3, 0.4) is 0 Å². The maximum absolute atomic E-state index is 12.8. The Morgan fingerprint density at radius 2 is 0.841 bits per heavy atom. The van der Waals surface area contributed by atoms with Crippen molar-refractivity contribution >= 4 is 13.8 Å². The van der Waals surface area contributed by atoms with Gasteiger partial charge in [-0.25, -0.2) is 0 Å². The molecule has 0 spiro atoms. The zero-order valence-corrected chi connectivity index (χ0v) is 46.1. The van der Waals surface area contributed by atoms with Crippen LogP contribution in [0, 0.1) is 0 Å². The second-order valence-electron chi connectivity index (χ2n) is 19.6. The zero-order chi connectivity index (χ0) is 50.5. The molecule has 0 N–H and O–H groups in total. The highest BCUT2D eigenvalue weighted by atomic mass is 31.2. The maximum atomic E-state index is 12.8. The highest BCUT2D eigenvalue weighted by molar-refractivity contribution is 7.45. The fourth-order valence-corrected chi connectivity index (χ4v) is 8.07. The van der Waals surface area contributed by atoms with E-state index in [0.29, 0.717) is 24.1 Å². The number of nitrogens with zero attached hydrogens (tertiary/aromatic N) is 1. The molecular weight excluding hydrogens is 878 g/mol. The van der Waals surface area contributed by atoms with E-state index >= 15 is 0 Å². The molecule has 0 aromatic heterocycles. The first-order valence-electron chi connectivity index (χ1n) is 28.0. The van der Waals surface area contributed by atoms with Crippen molar-refractivity contribution in [2.45, 2.75) is 225 Å². The van der Waals surface area contributed by atoms with E-state index in [1.54, 1.807) is 0 Å². The van der Waals surface area contributed by atoms with E-state index in [1.807, 2.05) is 21.1 Å². The van der Waals surface area contributed by atoms with Gasteiger partial charge in [0.05, 0.1) is 34.4 Å². The molecule has 0 aliphatic heterocycles. The normalized spacial score (nSPS) is 14.2. The van der Waals surface area contributed by atoms with Crippen LogP contribution in [0.15, 0.2) is 97.2 Å². The number of hydrogen-bond acceptors (Lipinski definition) is 7. The van der Waals surface area contributed by atoms with Crippen molar-refractivity contribution in [3.05, 3.63) is 97.2 Å². The number of phosphoric acid groups is 1. The molecule has 0 heterocycles. The minimum absolute atomic E-state index is 0.0141. The average molecular weight is 984 g/mol. The van der Waals surface area contributed by atoms with Crippen molar-refractivity contribution in [2.75, 3.05) is 54.1 Å². The predicted octanol–water partition coefficient (Wildman–Crippen LogP) is 17.1. The summed E-state index contributed by atoms with van der Waals surface area (Å²) >= 11 is 0. The highest BCUT2D eigenvalue weighted by Gasteiger charge is 2.20. The molecular formula is C60H106NO7P. The number of unbranched alkanes of at least 4 members (excludes halogenated alkanes) is 21. The molecule has 2 atom stereocenters. The monoisotopic (exact) mass is 984 g/mol. The topological polar surface area (TPSA) is 94.1 Å². The van der Waals surface area contributed by atoms with Crippen LogP contribution < -0.4 is 4.89 Å². The first kappa shape index (κ1) is 66.4. The molecule has 0 bridgehead atoms. The third kappa shape index (κ3) is 56.2. The van der Waals surface area contributed by atoms with Crippen molar-refractivity contribution in [1.82, 2.24) is 0 Å². The van der Waals surface area contributed by atoms with Gasteiger partial charge in [0, 0.05) is 13.0 Å². The largest absolute Gasteiger partial charge is 0.756 e. The molecule has 9 heteroatoms. The Morgan fingerprint density at radius 1 is 0.464 bits per heavy atom. The van der Waals surface area contributed by atoms with E-state index in [1.165, 1.54) is 116 Å². The molecule has 0 radical (unpaired) electrons. The van der Waals surface area contributed by atoms with Crippen LogP contribution in [0.1, 0.15) is 219 Å². The van der Waals surface area contributed by atoms with Gasteiger partial charge in [0.1, 0.15) is 19.3 Å². The Kier molecular flexibility index (Phi) is 49.8. The van der Waals surface area contributed by atoms with E-state index in [-0.39, 0.29) is 32.2 Å². The number of allylic oxidation sites excluding steroid dienone is 16. The molecule has 0 saturated carbocycles. The highest BCUT2D eigenvalue weighted by Crippen LogP contribution is 2.38. The first-order chi connectivity index (χ1) is 33.6. The summed E-state index contributed by atoms with van der Waals surface area (Å²) in [6, 6.07) is 0. The average Bonchev–Trinajstić information content (AvgIpc) is 3.31. The van der Waals surface area contributed by atoms with Gasteiger partial charge in [-0.1, -0.05) is 214 Å². The molecule has 8 nitrogen and oxygen atoms in total. The number of esters is 1. The number of phosphoric ester groups is 1. The summed E-state index contributed by atoms with van der Waals surface area (Å²) in [5.74, 6) is -0.367. The number of hydrogen-bond donors (Lipinski definition) is 0. The van der Waals surface area contributed by atoms with Gasteiger partial charge in [-0.2, -0.15) is 0 Å². The lowest BCUT2D eigenvalue weighted by molar-refractivity contribution is -0.870. The summed E-state index contributed by atoms with van der Waals surface area (Å²) in [6.07, 6.45) is 71.6. The number of carbonyl (C=O) groups excluding carboxylic acids is 1. The molecule has 69 heavy (non-hydrogen) atoms. The Hall–Kier alpha value is -2.58. The molecule has 398 valence electrons. The van der Waals surface area contributed by atoms with Gasteiger partial charge >= 0.3 is 5.97 Å². The summed E-state index contributed by atoms with van der Waals surface area (Å²) in [4.78, 5) is 25.2. The van der Waals surface area contributed by atoms with E-state index in [2.05, 4.69) is 111 Å². The predicted molar refractivity (Wildman–Crippen MR) is 295 cm³/mol. The van der Waals surface area contributed by atoms with Crippen LogP contribution in [-0.4, -0.2) is 70.7 Å². The molecule has 0 rings (SSSR count). The lowest BCUT2D eigenvalue weighted by atomic mass is 10.1. The molecule has 0 aliphatic carbocycles. The second-order valence-corrected chi connectivity index (χ2v) is 21.0. The standard InChI is InChI=1S/C60H106NO7P/c1-6-8-10-12-14-16-18-20-22-24-26-28-30-31-32-33-35-37-39-41-43-45-47-49-51-53-60(62)68-59(58-67-69(63,64)66-56-54-61(3,4)5)57-65-55-52-50-48-46-44-42-40-38-36-34-29-27-25-23-21-19-17-15-13-11-9-7-2/h8,10,14,16,20,22,25-28,31-32,35,37,41,43,59H,6-7,9,11-13,15,17-19,21,23-24,29-30,33-34,36,38-40,42,44-58H2,1-5H3/b10-8-,16-14-,22-20-,27-25-,28-26-,32-31-,37-35-,43-41-. The Morgan fingerprint density at radius 3 is 1.28 bits per heavy atom. The summed E-state index contributed by atoms with van der Waals surface area (Å²) in [5.41, 5.74) is 0. The lowest BCUT2D eigenvalue weighted by Gasteiger charge is -2.28. The lowest BCUT2D eigenvalue weighted by Crippen LogP contribution is -2.37. The molecule has 0 aliphatic rings. The molecule has 0 saturated heterocycles. The maximum Gasteiger partial charge on any atom is 0.306 e. The second kappa shape index (κ2) is 51.8. The van der Waals surface area contributed by atoms with Crippen molar-refractivity contribution in [3.63, 3.8) is 0 Å². The fourth-order valence-electron chi connectivity index (χ4n) is 7.35. The summed E-state index contributed by atoms with van der Waals surface area (Å²) in [6.45, 7) is 5.25. The molecule has 0 aromatic rings. The summed E-state index contributed by atoms with van der Waals surface area (Å²) in [5, 5.41) is 0. The van der Waals surface area contributed by atoms with Crippen LogP contribution in [0.25, 0.3) is 0 Å². The quantitative estimate of drug-likeness (QED) is 0.0197. The van der Waals surface area contributed by atoms with Crippen LogP contribution in [0.2, 0.25) is 0 Å². The first-order valence-corrected chi connectivity index (χ1v) is 29.4. The van der Waals surface area contributed by atoms with E-state index in [4.69, 9.17) is 18.5 Å². The van der Waals surface area contributed by atoms with Crippen LogP contribution in [-0.2, 0) is 27.9 Å². The summed E-state index contributed by atoms with van der Waals surface area (Å²) in [7, 11) is 1.32. The summed E-state index contributed by atoms with van der Waals surface area (Å²) < 4.78 is 34.8. The Balaban J connectivity index is 4.21. The number of ether oxygens (including phenoxy) is 2. The Bertz CT molecular complexity index is 1420. The van der Waals surface area contributed by atoms with Gasteiger partial charge < -0.3 is 27.9 Å². The minimum Gasteiger partial charge on any atom is -0.756 e. The van der Waals surface area contributed by atoms with Crippen LogP contribution in [0.5, 0.6) is 0 Å². The molecule has 0 aromatic carbocycles. The molecule has 0 amide bonds. The third-order valence-corrected chi connectivity index (χ3v) is 12.6. The minimum atomic E-state index is -4.55. The van der Waals surface area contributed by atoms with E-state index in [9.17, 15) is 14.3 Å². The SMILES string of the molecule is CC/C=C\C/C=C\C/C=C\C/C=C\C/C=C\C/C=C\C/C=C\CCCCCC(=O)OC(COCCCCCCCCCCCC/C=C\CCCCCCCCCC)COP(=O)([O-])OCC[N+](C)(C)C. The van der Waals surface area contributed by atoms with Crippen LogP contribution in [0.4, 0.5) is 0 Å². The van der Waals surface area contributed by atoms with Gasteiger partial charge in [-0.3, -0.25) is 9.36 Å². The van der Waals surface area contributed by atoms with E-state index < -0.39 is 13.9 Å². The zero-order valence-electron chi connectivity index (χ0n) is 45.2. The van der Waals surface area contributed by atoms with Crippen molar-refractivity contribution in [3.8, 4) is 0 Å². The van der Waals surface area contributed by atoms with Crippen molar-refractivity contribution < 1.29 is 37.3 Å². The molecule has 2 unspecified atom stereocenters.